The molecule has 2 fully saturated rings. The second kappa shape index (κ2) is 4.73. The molecule has 3 heteroatoms. The van der Waals surface area contributed by atoms with Crippen molar-refractivity contribution >= 4 is 5.78 Å². The van der Waals surface area contributed by atoms with Crippen LogP contribution in [0, 0.1) is 11.8 Å². The summed E-state index contributed by atoms with van der Waals surface area (Å²) in [7, 11) is 0. The number of aliphatic hydroxyl groups is 1. The Labute approximate surface area is 114 Å². The maximum absolute atomic E-state index is 12.2. The number of hydrogen-bond donors (Lipinski definition) is 1. The van der Waals surface area contributed by atoms with E-state index in [2.05, 4.69) is 4.90 Å². The molecule has 0 amide bonds. The Morgan fingerprint density at radius 3 is 2.42 bits per heavy atom. The molecule has 1 saturated carbocycles. The van der Waals surface area contributed by atoms with Gasteiger partial charge >= 0.3 is 0 Å². The molecule has 1 aromatic carbocycles. The predicted molar refractivity (Wildman–Crippen MR) is 74.1 cm³/mol. The normalized spacial score (nSPS) is 34.4. The number of carbonyl (C=O) groups excluding carboxylic acids is 1. The van der Waals surface area contributed by atoms with Gasteiger partial charge in [0.15, 0.2) is 5.78 Å². The van der Waals surface area contributed by atoms with Gasteiger partial charge in [-0.05, 0) is 31.6 Å². The fourth-order valence-electron chi connectivity index (χ4n) is 3.76. The average molecular weight is 259 g/mol. The number of rotatable bonds is 3. The number of fused-ring (bicyclic) bond motifs is 1. The maximum Gasteiger partial charge on any atom is 0.176 e. The summed E-state index contributed by atoms with van der Waals surface area (Å²) >= 11 is 0. The minimum absolute atomic E-state index is 0.201. The topological polar surface area (TPSA) is 40.5 Å². The fourth-order valence-corrected chi connectivity index (χ4v) is 3.76. The first-order valence-corrected chi connectivity index (χ1v) is 7.06. The molecular formula is C16H21NO2. The largest absolute Gasteiger partial charge is 0.390 e. The Kier molecular flexibility index (Phi) is 3.19. The number of ketones is 1. The van der Waals surface area contributed by atoms with Gasteiger partial charge in [0.1, 0.15) is 0 Å². The summed E-state index contributed by atoms with van der Waals surface area (Å²) in [5.74, 6) is 1.34. The summed E-state index contributed by atoms with van der Waals surface area (Å²) < 4.78 is 0. The highest BCUT2D eigenvalue weighted by atomic mass is 16.3. The van der Waals surface area contributed by atoms with Crippen LogP contribution in [0.2, 0.25) is 0 Å². The zero-order chi connectivity index (χ0) is 13.5. The SMILES string of the molecule is CC1(O)C[C@H]2CN(CC(=O)c3ccccc3)C[C@H]2C1. The van der Waals surface area contributed by atoms with Gasteiger partial charge < -0.3 is 5.11 Å². The lowest BCUT2D eigenvalue weighted by molar-refractivity contribution is 0.0542. The molecular weight excluding hydrogens is 238 g/mol. The highest BCUT2D eigenvalue weighted by Gasteiger charge is 2.45. The van der Waals surface area contributed by atoms with Crippen LogP contribution in [0.4, 0.5) is 0 Å². The zero-order valence-corrected chi connectivity index (χ0v) is 11.4. The van der Waals surface area contributed by atoms with Crippen molar-refractivity contribution in [3.8, 4) is 0 Å². The Hall–Kier alpha value is -1.19. The molecule has 0 radical (unpaired) electrons. The van der Waals surface area contributed by atoms with Gasteiger partial charge in [-0.2, -0.15) is 0 Å². The van der Waals surface area contributed by atoms with Crippen molar-refractivity contribution in [2.24, 2.45) is 11.8 Å². The molecule has 1 saturated heterocycles. The van der Waals surface area contributed by atoms with Crippen LogP contribution in [0.3, 0.4) is 0 Å². The molecule has 2 aliphatic rings. The monoisotopic (exact) mass is 259 g/mol. The standard InChI is InChI=1S/C16H21NO2/c1-16(19)7-13-9-17(10-14(13)8-16)11-15(18)12-5-3-2-4-6-12/h2-6,13-14,19H,7-11H2,1H3/t13-,14+,16?. The molecule has 1 aliphatic heterocycles. The number of nitrogens with zero attached hydrogens (tertiary/aromatic N) is 1. The Balaban J connectivity index is 1.58. The molecule has 3 rings (SSSR count). The number of benzene rings is 1. The molecule has 0 aromatic heterocycles. The first kappa shape index (κ1) is 12.8. The lowest BCUT2D eigenvalue weighted by Gasteiger charge is -2.21. The quantitative estimate of drug-likeness (QED) is 0.844. The van der Waals surface area contributed by atoms with Crippen molar-refractivity contribution in [3.05, 3.63) is 35.9 Å². The molecule has 0 bridgehead atoms. The number of likely N-dealkylation sites (tertiary alicyclic amines) is 1. The molecule has 3 atom stereocenters. The van der Waals surface area contributed by atoms with Gasteiger partial charge in [0.25, 0.3) is 0 Å². The molecule has 1 N–H and O–H groups in total. The van der Waals surface area contributed by atoms with E-state index in [1.807, 2.05) is 37.3 Å². The lowest BCUT2D eigenvalue weighted by atomic mass is 10.0. The van der Waals surface area contributed by atoms with Gasteiger partial charge in [-0.25, -0.2) is 0 Å². The molecule has 1 heterocycles. The predicted octanol–water partition coefficient (Wildman–Crippen LogP) is 1.96. The molecule has 3 nitrogen and oxygen atoms in total. The van der Waals surface area contributed by atoms with Crippen molar-refractivity contribution in [1.29, 1.82) is 0 Å². The maximum atomic E-state index is 12.2. The third kappa shape index (κ3) is 2.72. The Morgan fingerprint density at radius 2 is 1.84 bits per heavy atom. The molecule has 1 aromatic rings. The van der Waals surface area contributed by atoms with E-state index in [1.165, 1.54) is 0 Å². The summed E-state index contributed by atoms with van der Waals surface area (Å²) in [5, 5.41) is 10.1. The second-order valence-electron chi connectivity index (χ2n) is 6.41. The van der Waals surface area contributed by atoms with E-state index in [0.29, 0.717) is 18.4 Å². The second-order valence-corrected chi connectivity index (χ2v) is 6.41. The summed E-state index contributed by atoms with van der Waals surface area (Å²) in [6.07, 6.45) is 1.77. The first-order valence-electron chi connectivity index (χ1n) is 7.06. The smallest absolute Gasteiger partial charge is 0.176 e. The van der Waals surface area contributed by atoms with Crippen LogP contribution >= 0.6 is 0 Å². The van der Waals surface area contributed by atoms with Crippen LogP contribution in [0.5, 0.6) is 0 Å². The van der Waals surface area contributed by atoms with E-state index in [0.717, 1.165) is 31.5 Å². The van der Waals surface area contributed by atoms with Gasteiger partial charge in [0, 0.05) is 18.7 Å². The Morgan fingerprint density at radius 1 is 1.26 bits per heavy atom. The summed E-state index contributed by atoms with van der Waals surface area (Å²) in [6, 6.07) is 9.50. The lowest BCUT2D eigenvalue weighted by Crippen LogP contribution is -2.31. The zero-order valence-electron chi connectivity index (χ0n) is 11.4. The fraction of sp³-hybridized carbons (Fsp3) is 0.562. The molecule has 19 heavy (non-hydrogen) atoms. The van der Waals surface area contributed by atoms with Crippen LogP contribution in [-0.4, -0.2) is 41.0 Å². The van der Waals surface area contributed by atoms with E-state index in [9.17, 15) is 9.90 Å². The van der Waals surface area contributed by atoms with Gasteiger partial charge in [-0.15, -0.1) is 0 Å². The average Bonchev–Trinajstić information content (AvgIpc) is 2.82. The van der Waals surface area contributed by atoms with Crippen LogP contribution in [0.15, 0.2) is 30.3 Å². The van der Waals surface area contributed by atoms with Gasteiger partial charge in [0.05, 0.1) is 12.1 Å². The third-order valence-electron chi connectivity index (χ3n) is 4.52. The van der Waals surface area contributed by atoms with E-state index in [-0.39, 0.29) is 5.78 Å². The molecule has 1 aliphatic carbocycles. The minimum atomic E-state index is -0.481. The Bertz CT molecular complexity index is 453. The van der Waals surface area contributed by atoms with Crippen molar-refractivity contribution < 1.29 is 9.90 Å². The van der Waals surface area contributed by atoms with E-state index in [1.54, 1.807) is 0 Å². The molecule has 0 spiro atoms. The van der Waals surface area contributed by atoms with E-state index >= 15 is 0 Å². The third-order valence-corrected chi connectivity index (χ3v) is 4.52. The van der Waals surface area contributed by atoms with Crippen molar-refractivity contribution in [2.75, 3.05) is 19.6 Å². The number of Topliss-reactive ketones (excluding diaryl/α,β-unsaturated/α-hetero) is 1. The number of carbonyl (C=O) groups is 1. The van der Waals surface area contributed by atoms with Gasteiger partial charge in [-0.3, -0.25) is 9.69 Å². The summed E-state index contributed by atoms with van der Waals surface area (Å²) in [6.45, 7) is 4.36. The van der Waals surface area contributed by atoms with E-state index < -0.39 is 5.60 Å². The van der Waals surface area contributed by atoms with Crippen molar-refractivity contribution in [2.45, 2.75) is 25.4 Å². The molecule has 102 valence electrons. The highest BCUT2D eigenvalue weighted by molar-refractivity contribution is 5.97. The highest BCUT2D eigenvalue weighted by Crippen LogP contribution is 2.43. The van der Waals surface area contributed by atoms with Crippen LogP contribution in [0.1, 0.15) is 30.1 Å². The van der Waals surface area contributed by atoms with Crippen molar-refractivity contribution in [1.82, 2.24) is 4.90 Å². The summed E-state index contributed by atoms with van der Waals surface area (Å²) in [5.41, 5.74) is 0.316. The van der Waals surface area contributed by atoms with Gasteiger partial charge in [-0.1, -0.05) is 30.3 Å². The van der Waals surface area contributed by atoms with Gasteiger partial charge in [0.2, 0.25) is 0 Å². The molecule has 1 unspecified atom stereocenters. The van der Waals surface area contributed by atoms with Crippen LogP contribution in [-0.2, 0) is 0 Å². The minimum Gasteiger partial charge on any atom is -0.390 e. The summed E-state index contributed by atoms with van der Waals surface area (Å²) in [4.78, 5) is 14.4. The number of hydrogen-bond acceptors (Lipinski definition) is 3. The van der Waals surface area contributed by atoms with Crippen LogP contribution in [0.25, 0.3) is 0 Å². The van der Waals surface area contributed by atoms with Crippen molar-refractivity contribution in [3.63, 3.8) is 0 Å². The van der Waals surface area contributed by atoms with Crippen LogP contribution < -0.4 is 0 Å². The first-order chi connectivity index (χ1) is 9.03. The van der Waals surface area contributed by atoms with E-state index in [4.69, 9.17) is 0 Å².